The highest BCUT2D eigenvalue weighted by molar-refractivity contribution is 7.78. The minimum absolute atomic E-state index is 0.198. The number of hydrogen-bond acceptors (Lipinski definition) is 4. The fourth-order valence-corrected chi connectivity index (χ4v) is 1.45. The molecule has 1 aromatic carbocycles. The molecule has 0 saturated heterocycles. The summed E-state index contributed by atoms with van der Waals surface area (Å²) in [4.78, 5) is 0. The smallest absolute Gasteiger partial charge is 0.381 e. The first-order valence-electron chi connectivity index (χ1n) is 4.82. The number of alkyl halides is 3. The number of benzene rings is 1. The van der Waals surface area contributed by atoms with Crippen molar-refractivity contribution in [3.05, 3.63) is 29.1 Å². The van der Waals surface area contributed by atoms with E-state index < -0.39 is 23.1 Å². The quantitative estimate of drug-likeness (QED) is 0.451. The van der Waals surface area contributed by atoms with Gasteiger partial charge in [-0.2, -0.15) is 18.4 Å². The number of thiol groups is 1. The standard InChI is InChI=1S/C10H9F4N3S/c11-9-7(16-3-4-17-18)2-1-6(5-15)8(9)10(12,13)14/h1-2,16-18H,3-4H2. The largest absolute Gasteiger partial charge is 0.420 e. The lowest BCUT2D eigenvalue weighted by Gasteiger charge is -2.14. The maximum Gasteiger partial charge on any atom is 0.420 e. The van der Waals surface area contributed by atoms with Crippen molar-refractivity contribution in [1.82, 2.24) is 4.72 Å². The lowest BCUT2D eigenvalue weighted by Crippen LogP contribution is -2.17. The first kappa shape index (κ1) is 14.6. The van der Waals surface area contributed by atoms with Gasteiger partial charge in [0, 0.05) is 13.1 Å². The van der Waals surface area contributed by atoms with E-state index in [-0.39, 0.29) is 12.2 Å². The Hall–Kier alpha value is -1.46. The van der Waals surface area contributed by atoms with E-state index in [4.69, 9.17) is 5.26 Å². The van der Waals surface area contributed by atoms with E-state index in [9.17, 15) is 17.6 Å². The third kappa shape index (κ3) is 3.27. The van der Waals surface area contributed by atoms with Crippen LogP contribution in [0.2, 0.25) is 0 Å². The summed E-state index contributed by atoms with van der Waals surface area (Å²) in [6.45, 7) is 0.535. The van der Waals surface area contributed by atoms with Gasteiger partial charge in [-0.25, -0.2) is 4.39 Å². The molecule has 18 heavy (non-hydrogen) atoms. The number of hydrogen-bond donors (Lipinski definition) is 3. The molecule has 0 heterocycles. The van der Waals surface area contributed by atoms with Gasteiger partial charge in [-0.1, -0.05) is 12.8 Å². The van der Waals surface area contributed by atoms with Crippen LogP contribution in [0.1, 0.15) is 11.1 Å². The number of anilines is 1. The molecule has 3 nitrogen and oxygen atoms in total. The molecule has 0 atom stereocenters. The summed E-state index contributed by atoms with van der Waals surface area (Å²) in [6.07, 6.45) is -4.91. The van der Waals surface area contributed by atoms with Gasteiger partial charge in [0.15, 0.2) is 5.82 Å². The summed E-state index contributed by atoms with van der Waals surface area (Å²) < 4.78 is 54.0. The first-order chi connectivity index (χ1) is 8.41. The molecular weight excluding hydrogens is 270 g/mol. The molecule has 0 aliphatic rings. The van der Waals surface area contributed by atoms with Crippen LogP contribution < -0.4 is 10.0 Å². The maximum atomic E-state index is 13.7. The number of nitriles is 1. The topological polar surface area (TPSA) is 47.9 Å². The molecule has 0 aliphatic heterocycles. The molecule has 0 bridgehead atoms. The highest BCUT2D eigenvalue weighted by Gasteiger charge is 2.38. The molecule has 0 aliphatic carbocycles. The molecule has 0 spiro atoms. The van der Waals surface area contributed by atoms with Crippen molar-refractivity contribution >= 4 is 18.5 Å². The minimum Gasteiger partial charge on any atom is -0.381 e. The van der Waals surface area contributed by atoms with Crippen molar-refractivity contribution < 1.29 is 17.6 Å². The molecule has 0 saturated carbocycles. The van der Waals surface area contributed by atoms with E-state index in [1.54, 1.807) is 0 Å². The van der Waals surface area contributed by atoms with Crippen molar-refractivity contribution in [3.8, 4) is 6.07 Å². The predicted molar refractivity (Wildman–Crippen MR) is 61.6 cm³/mol. The lowest BCUT2D eigenvalue weighted by atomic mass is 10.1. The molecule has 1 rings (SSSR count). The Labute approximate surface area is 106 Å². The van der Waals surface area contributed by atoms with E-state index in [1.165, 1.54) is 6.07 Å². The molecule has 0 amide bonds. The predicted octanol–water partition coefficient (Wildman–Crippen LogP) is 2.56. The zero-order valence-corrected chi connectivity index (χ0v) is 9.87. The monoisotopic (exact) mass is 279 g/mol. The van der Waals surface area contributed by atoms with E-state index >= 15 is 0 Å². The summed E-state index contributed by atoms with van der Waals surface area (Å²) >= 11 is 3.68. The van der Waals surface area contributed by atoms with E-state index in [1.807, 2.05) is 0 Å². The molecule has 0 fully saturated rings. The normalized spacial score (nSPS) is 11.1. The van der Waals surface area contributed by atoms with Gasteiger partial charge < -0.3 is 5.32 Å². The Balaban J connectivity index is 3.15. The number of halogens is 4. The number of rotatable bonds is 4. The van der Waals surface area contributed by atoms with Crippen molar-refractivity contribution in [2.24, 2.45) is 0 Å². The van der Waals surface area contributed by atoms with Gasteiger partial charge in [0.1, 0.15) is 5.56 Å². The van der Waals surface area contributed by atoms with Gasteiger partial charge in [-0.05, 0) is 12.1 Å². The van der Waals surface area contributed by atoms with Crippen LogP contribution in [-0.4, -0.2) is 13.1 Å². The summed E-state index contributed by atoms with van der Waals surface area (Å²) in [6, 6.07) is 3.36. The third-order valence-electron chi connectivity index (χ3n) is 2.10. The second-order valence-electron chi connectivity index (χ2n) is 3.29. The van der Waals surface area contributed by atoms with Gasteiger partial charge >= 0.3 is 6.18 Å². The summed E-state index contributed by atoms with van der Waals surface area (Å²) in [5, 5.41) is 11.0. The van der Waals surface area contributed by atoms with Gasteiger partial charge in [0.05, 0.1) is 17.3 Å². The zero-order chi connectivity index (χ0) is 13.8. The van der Waals surface area contributed by atoms with Crippen molar-refractivity contribution in [3.63, 3.8) is 0 Å². The average Bonchev–Trinajstić information content (AvgIpc) is 2.29. The first-order valence-corrected chi connectivity index (χ1v) is 5.27. The van der Waals surface area contributed by atoms with Crippen molar-refractivity contribution in [1.29, 1.82) is 5.26 Å². The Morgan fingerprint density at radius 3 is 2.44 bits per heavy atom. The summed E-state index contributed by atoms with van der Waals surface area (Å²) in [7, 11) is 0. The second-order valence-corrected chi connectivity index (χ2v) is 3.61. The molecule has 0 unspecified atom stereocenters. The second kappa shape index (κ2) is 5.93. The van der Waals surface area contributed by atoms with E-state index in [0.717, 1.165) is 12.1 Å². The molecule has 0 radical (unpaired) electrons. The summed E-state index contributed by atoms with van der Waals surface area (Å²) in [5.41, 5.74) is -2.59. The number of nitrogens with zero attached hydrogens (tertiary/aromatic N) is 1. The average molecular weight is 279 g/mol. The van der Waals surface area contributed by atoms with Crippen LogP contribution in [0.25, 0.3) is 0 Å². The maximum absolute atomic E-state index is 13.7. The zero-order valence-electron chi connectivity index (χ0n) is 8.98. The van der Waals surface area contributed by atoms with E-state index in [0.29, 0.717) is 6.54 Å². The van der Waals surface area contributed by atoms with Crippen molar-refractivity contribution in [2.45, 2.75) is 6.18 Å². The molecule has 2 N–H and O–H groups in total. The lowest BCUT2D eigenvalue weighted by molar-refractivity contribution is -0.140. The molecular formula is C10H9F4N3S. The highest BCUT2D eigenvalue weighted by Crippen LogP contribution is 2.36. The van der Waals surface area contributed by atoms with Crippen LogP contribution in [0.4, 0.5) is 23.2 Å². The minimum atomic E-state index is -4.91. The molecule has 8 heteroatoms. The van der Waals surface area contributed by atoms with Crippen LogP contribution in [0.15, 0.2) is 12.1 Å². The Morgan fingerprint density at radius 1 is 1.28 bits per heavy atom. The fraction of sp³-hybridized carbons (Fsp3) is 0.300. The van der Waals surface area contributed by atoms with Crippen LogP contribution in [-0.2, 0) is 6.18 Å². The summed E-state index contributed by atoms with van der Waals surface area (Å²) in [5.74, 6) is -1.47. The molecule has 1 aromatic rings. The van der Waals surface area contributed by atoms with Crippen LogP contribution in [0.3, 0.4) is 0 Å². The Morgan fingerprint density at radius 2 is 1.94 bits per heavy atom. The van der Waals surface area contributed by atoms with Crippen LogP contribution >= 0.6 is 12.8 Å². The van der Waals surface area contributed by atoms with Gasteiger partial charge in [-0.15, -0.1) is 0 Å². The van der Waals surface area contributed by atoms with Gasteiger partial charge in [-0.3, -0.25) is 4.72 Å². The molecule has 0 aromatic heterocycles. The number of nitrogens with one attached hydrogen (secondary N) is 2. The van der Waals surface area contributed by atoms with Crippen LogP contribution in [0.5, 0.6) is 0 Å². The molecule has 98 valence electrons. The SMILES string of the molecule is N#Cc1ccc(NCCNS)c(F)c1C(F)(F)F. The fourth-order valence-electron chi connectivity index (χ4n) is 1.34. The van der Waals surface area contributed by atoms with Crippen molar-refractivity contribution in [2.75, 3.05) is 18.4 Å². The van der Waals surface area contributed by atoms with Gasteiger partial charge in [0.25, 0.3) is 0 Å². The Kier molecular flexibility index (Phi) is 4.81. The highest BCUT2D eigenvalue weighted by atomic mass is 32.1. The van der Waals surface area contributed by atoms with Crippen LogP contribution in [0, 0.1) is 17.1 Å². The third-order valence-corrected chi connectivity index (χ3v) is 2.32. The Bertz CT molecular complexity index is 467. The van der Waals surface area contributed by atoms with E-state index in [2.05, 4.69) is 22.9 Å². The van der Waals surface area contributed by atoms with Gasteiger partial charge in [0.2, 0.25) is 0 Å².